The summed E-state index contributed by atoms with van der Waals surface area (Å²) in [6, 6.07) is 13.3. The first-order valence-electron chi connectivity index (χ1n) is 8.47. The highest BCUT2D eigenvalue weighted by atomic mass is 16.5. The fourth-order valence-corrected chi connectivity index (χ4v) is 2.18. The summed E-state index contributed by atoms with van der Waals surface area (Å²) in [6.45, 7) is 3.95. The zero-order valence-corrected chi connectivity index (χ0v) is 16.0. The molecule has 144 valence electrons. The van der Waals surface area contributed by atoms with Crippen molar-refractivity contribution in [1.82, 2.24) is 0 Å². The Bertz CT molecular complexity index is 697. The predicted molar refractivity (Wildman–Crippen MR) is 100 cm³/mol. The molecule has 6 heteroatoms. The lowest BCUT2D eigenvalue weighted by Gasteiger charge is -2.23. The Kier molecular flexibility index (Phi) is 6.82. The van der Waals surface area contributed by atoms with Crippen molar-refractivity contribution in [3.8, 4) is 11.5 Å². The molecule has 0 amide bonds. The van der Waals surface area contributed by atoms with Gasteiger partial charge in [0.25, 0.3) is 0 Å². The number of methoxy groups -OCH3 is 2. The molecule has 0 aliphatic heterocycles. The largest absolute Gasteiger partial charge is 0.497 e. The van der Waals surface area contributed by atoms with E-state index in [1.165, 1.54) is 0 Å². The third-order valence-electron chi connectivity index (χ3n) is 3.84. The standard InChI is InChI=1S/C21H24O6/c1-21(2,13-26-19(22)15-5-9-17(24-3)10-6-15)14-27-20(23)16-7-11-18(25-4)12-8-16/h5-12H,13-14H2,1-4H3. The first kappa shape index (κ1) is 20.3. The molecule has 0 N–H and O–H groups in total. The molecule has 27 heavy (non-hydrogen) atoms. The van der Waals surface area contributed by atoms with Crippen molar-refractivity contribution in [2.24, 2.45) is 5.41 Å². The van der Waals surface area contributed by atoms with Gasteiger partial charge in [0.2, 0.25) is 0 Å². The Morgan fingerprint density at radius 1 is 0.704 bits per heavy atom. The molecule has 6 nitrogen and oxygen atoms in total. The zero-order valence-electron chi connectivity index (χ0n) is 16.0. The highest BCUT2D eigenvalue weighted by Crippen LogP contribution is 2.19. The number of benzene rings is 2. The molecule has 0 aromatic heterocycles. The van der Waals surface area contributed by atoms with E-state index in [1.54, 1.807) is 62.8 Å². The number of ether oxygens (including phenoxy) is 4. The van der Waals surface area contributed by atoms with Gasteiger partial charge in [0.05, 0.1) is 38.6 Å². The third kappa shape index (κ3) is 6.02. The molecular weight excluding hydrogens is 348 g/mol. The lowest BCUT2D eigenvalue weighted by atomic mass is 9.96. The van der Waals surface area contributed by atoms with Crippen molar-refractivity contribution in [2.45, 2.75) is 13.8 Å². The minimum atomic E-state index is -0.524. The highest BCUT2D eigenvalue weighted by molar-refractivity contribution is 5.90. The van der Waals surface area contributed by atoms with Gasteiger partial charge in [-0.25, -0.2) is 9.59 Å². The van der Waals surface area contributed by atoms with Crippen LogP contribution in [0.3, 0.4) is 0 Å². The molecule has 0 unspecified atom stereocenters. The van der Waals surface area contributed by atoms with Crippen LogP contribution in [-0.2, 0) is 9.47 Å². The van der Waals surface area contributed by atoms with E-state index < -0.39 is 17.4 Å². The number of carbonyl (C=O) groups is 2. The van der Waals surface area contributed by atoms with Crippen molar-refractivity contribution in [3.63, 3.8) is 0 Å². The second-order valence-electron chi connectivity index (χ2n) is 6.77. The summed E-state index contributed by atoms with van der Waals surface area (Å²) in [5.74, 6) is 0.453. The van der Waals surface area contributed by atoms with E-state index in [9.17, 15) is 9.59 Å². The molecular formula is C21H24O6. The van der Waals surface area contributed by atoms with Gasteiger partial charge in [-0.1, -0.05) is 13.8 Å². The minimum Gasteiger partial charge on any atom is -0.497 e. The Labute approximate surface area is 159 Å². The minimum absolute atomic E-state index is 0.119. The molecule has 0 fully saturated rings. The summed E-state index contributed by atoms with van der Waals surface area (Å²) >= 11 is 0. The van der Waals surface area contributed by atoms with Crippen molar-refractivity contribution in [2.75, 3.05) is 27.4 Å². The van der Waals surface area contributed by atoms with Crippen LogP contribution in [0, 0.1) is 5.41 Å². The molecule has 0 saturated carbocycles. The molecule has 0 aliphatic rings. The monoisotopic (exact) mass is 372 g/mol. The Hall–Kier alpha value is -3.02. The molecule has 0 heterocycles. The Balaban J connectivity index is 1.84. The van der Waals surface area contributed by atoms with E-state index >= 15 is 0 Å². The van der Waals surface area contributed by atoms with Gasteiger partial charge in [-0.05, 0) is 48.5 Å². The first-order valence-corrected chi connectivity index (χ1v) is 8.47. The molecule has 0 spiro atoms. The maximum atomic E-state index is 12.1. The van der Waals surface area contributed by atoms with Gasteiger partial charge in [-0.15, -0.1) is 0 Å². The van der Waals surface area contributed by atoms with Crippen LogP contribution in [0.2, 0.25) is 0 Å². The smallest absolute Gasteiger partial charge is 0.338 e. The topological polar surface area (TPSA) is 71.1 Å². The molecule has 2 aromatic carbocycles. The highest BCUT2D eigenvalue weighted by Gasteiger charge is 2.23. The van der Waals surface area contributed by atoms with E-state index in [4.69, 9.17) is 18.9 Å². The van der Waals surface area contributed by atoms with Gasteiger partial charge in [0.1, 0.15) is 11.5 Å². The number of hydrogen-bond donors (Lipinski definition) is 0. The third-order valence-corrected chi connectivity index (χ3v) is 3.84. The number of rotatable bonds is 8. The lowest BCUT2D eigenvalue weighted by molar-refractivity contribution is 0.00616. The van der Waals surface area contributed by atoms with Crippen LogP contribution in [-0.4, -0.2) is 39.4 Å². The van der Waals surface area contributed by atoms with Crippen LogP contribution in [0.4, 0.5) is 0 Å². The maximum Gasteiger partial charge on any atom is 0.338 e. The summed E-state index contributed by atoms with van der Waals surface area (Å²) in [4.78, 5) is 24.3. The zero-order chi connectivity index (χ0) is 19.9. The van der Waals surface area contributed by atoms with Gasteiger partial charge in [0.15, 0.2) is 0 Å². The van der Waals surface area contributed by atoms with Gasteiger partial charge in [-0.3, -0.25) is 0 Å². The van der Waals surface area contributed by atoms with Crippen molar-refractivity contribution in [3.05, 3.63) is 59.7 Å². The number of esters is 2. The first-order chi connectivity index (χ1) is 12.8. The second-order valence-corrected chi connectivity index (χ2v) is 6.77. The Morgan fingerprint density at radius 3 is 1.33 bits per heavy atom. The van der Waals surface area contributed by atoms with Crippen LogP contribution in [0.25, 0.3) is 0 Å². The van der Waals surface area contributed by atoms with Crippen LogP contribution in [0.5, 0.6) is 11.5 Å². The van der Waals surface area contributed by atoms with Crippen molar-refractivity contribution < 1.29 is 28.5 Å². The van der Waals surface area contributed by atoms with Gasteiger partial charge in [-0.2, -0.15) is 0 Å². The summed E-state index contributed by atoms with van der Waals surface area (Å²) in [5.41, 5.74) is 0.341. The molecule has 2 rings (SSSR count). The van der Waals surface area contributed by atoms with E-state index in [0.29, 0.717) is 22.6 Å². The van der Waals surface area contributed by atoms with E-state index in [-0.39, 0.29) is 13.2 Å². The molecule has 0 atom stereocenters. The summed E-state index contributed by atoms with van der Waals surface area (Å²) in [6.07, 6.45) is 0. The van der Waals surface area contributed by atoms with Crippen LogP contribution in [0.15, 0.2) is 48.5 Å². The molecule has 0 bridgehead atoms. The average molecular weight is 372 g/mol. The van der Waals surface area contributed by atoms with Crippen LogP contribution in [0.1, 0.15) is 34.6 Å². The summed E-state index contributed by atoms with van der Waals surface area (Å²) in [5, 5.41) is 0. The summed E-state index contributed by atoms with van der Waals surface area (Å²) in [7, 11) is 3.12. The quantitative estimate of drug-likeness (QED) is 0.658. The fourth-order valence-electron chi connectivity index (χ4n) is 2.18. The predicted octanol–water partition coefficient (Wildman–Crippen LogP) is 3.74. The maximum absolute atomic E-state index is 12.1. The number of carbonyl (C=O) groups excluding carboxylic acids is 2. The number of hydrogen-bond acceptors (Lipinski definition) is 6. The fraction of sp³-hybridized carbons (Fsp3) is 0.333. The molecule has 0 saturated heterocycles. The van der Waals surface area contributed by atoms with Gasteiger partial charge < -0.3 is 18.9 Å². The summed E-state index contributed by atoms with van der Waals surface area (Å²) < 4.78 is 20.8. The van der Waals surface area contributed by atoms with Gasteiger partial charge >= 0.3 is 11.9 Å². The molecule has 0 aliphatic carbocycles. The van der Waals surface area contributed by atoms with Crippen molar-refractivity contribution in [1.29, 1.82) is 0 Å². The van der Waals surface area contributed by atoms with Crippen LogP contribution < -0.4 is 9.47 Å². The average Bonchev–Trinajstić information content (AvgIpc) is 2.70. The SMILES string of the molecule is COc1ccc(C(=O)OCC(C)(C)COC(=O)c2ccc(OC)cc2)cc1. The van der Waals surface area contributed by atoms with Crippen LogP contribution >= 0.6 is 0 Å². The Morgan fingerprint density at radius 2 is 1.04 bits per heavy atom. The normalized spacial score (nSPS) is 10.8. The van der Waals surface area contributed by atoms with E-state index in [2.05, 4.69) is 0 Å². The van der Waals surface area contributed by atoms with E-state index in [0.717, 1.165) is 0 Å². The van der Waals surface area contributed by atoms with E-state index in [1.807, 2.05) is 13.8 Å². The van der Waals surface area contributed by atoms with Gasteiger partial charge in [0, 0.05) is 5.41 Å². The van der Waals surface area contributed by atoms with Crippen molar-refractivity contribution >= 4 is 11.9 Å². The molecule has 0 radical (unpaired) electrons. The molecule has 2 aromatic rings. The second kappa shape index (κ2) is 9.07. The lowest BCUT2D eigenvalue weighted by Crippen LogP contribution is -2.28.